The average Bonchev–Trinajstić information content (AvgIpc) is 2.48. The number of rotatable bonds is 1. The van der Waals surface area contributed by atoms with Crippen LogP contribution >= 0.6 is 0 Å². The minimum atomic E-state index is -3.07. The van der Waals surface area contributed by atoms with E-state index in [0.717, 1.165) is 12.1 Å². The van der Waals surface area contributed by atoms with Crippen molar-refractivity contribution in [2.45, 2.75) is 37.8 Å². The minimum Gasteiger partial charge on any atom is -0.254 e. The number of sulfone groups is 1. The lowest BCUT2D eigenvalue weighted by molar-refractivity contribution is 0.498. The Bertz CT molecular complexity index is 445. The van der Waals surface area contributed by atoms with Crippen LogP contribution in [0.25, 0.3) is 0 Å². The van der Waals surface area contributed by atoms with Gasteiger partial charge >= 0.3 is 0 Å². The highest BCUT2D eigenvalue weighted by atomic mass is 32.2. The molecule has 0 radical (unpaired) electrons. The van der Waals surface area contributed by atoms with E-state index < -0.39 is 9.84 Å². The predicted octanol–water partition coefficient (Wildman–Crippen LogP) is 1.18. The van der Waals surface area contributed by atoms with E-state index in [4.69, 9.17) is 0 Å². The van der Waals surface area contributed by atoms with Crippen molar-refractivity contribution in [2.75, 3.05) is 5.75 Å². The summed E-state index contributed by atoms with van der Waals surface area (Å²) < 4.78 is 25.2. The normalized spacial score (nSPS) is 19.6. The number of fused-ring (bicyclic) bond motifs is 1. The topological polar surface area (TPSA) is 52.0 Å². The summed E-state index contributed by atoms with van der Waals surface area (Å²) in [6.07, 6.45) is 2.36. The third-order valence-corrected chi connectivity index (χ3v) is 4.38. The molecule has 0 saturated heterocycles. The Hall–Kier alpha value is -0.840. The van der Waals surface area contributed by atoms with Crippen LogP contribution in [-0.4, -0.2) is 24.0 Å². The highest BCUT2D eigenvalue weighted by Gasteiger charge is 2.28. The molecule has 0 bridgehead atoms. The first kappa shape index (κ1) is 9.71. The fraction of sp³-hybridized carbons (Fsp3) is 0.667. The molecule has 1 aliphatic heterocycles. The fourth-order valence-electron chi connectivity index (χ4n) is 1.78. The first-order chi connectivity index (χ1) is 6.52. The lowest BCUT2D eigenvalue weighted by Crippen LogP contribution is -2.22. The van der Waals surface area contributed by atoms with E-state index >= 15 is 0 Å². The Morgan fingerprint density at radius 3 is 2.86 bits per heavy atom. The molecule has 2 heterocycles. The van der Waals surface area contributed by atoms with E-state index in [0.29, 0.717) is 11.4 Å². The van der Waals surface area contributed by atoms with Crippen molar-refractivity contribution in [1.29, 1.82) is 0 Å². The van der Waals surface area contributed by atoms with Gasteiger partial charge in [-0.3, -0.25) is 4.68 Å². The molecular weight excluding hydrogens is 200 g/mol. The summed E-state index contributed by atoms with van der Waals surface area (Å²) >= 11 is 0. The second-order valence-corrected chi connectivity index (χ2v) is 5.98. The molecule has 0 aromatic carbocycles. The smallest absolute Gasteiger partial charge is 0.195 e. The van der Waals surface area contributed by atoms with Gasteiger partial charge in [0.15, 0.2) is 14.9 Å². The molecule has 78 valence electrons. The molecule has 4 nitrogen and oxygen atoms in total. The summed E-state index contributed by atoms with van der Waals surface area (Å²) in [5.41, 5.74) is 0.852. The third kappa shape index (κ3) is 1.35. The quantitative estimate of drug-likeness (QED) is 0.705. The number of hydrogen-bond donors (Lipinski definition) is 0. The van der Waals surface area contributed by atoms with Gasteiger partial charge < -0.3 is 0 Å². The van der Waals surface area contributed by atoms with Crippen molar-refractivity contribution in [3.05, 3.63) is 11.8 Å². The second-order valence-electron chi connectivity index (χ2n) is 3.96. The van der Waals surface area contributed by atoms with E-state index in [2.05, 4.69) is 5.10 Å². The summed E-state index contributed by atoms with van der Waals surface area (Å²) in [7, 11) is -3.07. The Morgan fingerprint density at radius 1 is 1.50 bits per heavy atom. The monoisotopic (exact) mass is 214 g/mol. The van der Waals surface area contributed by atoms with E-state index in [-0.39, 0.29) is 11.7 Å². The molecule has 14 heavy (non-hydrogen) atoms. The first-order valence-corrected chi connectivity index (χ1v) is 6.46. The largest absolute Gasteiger partial charge is 0.254 e. The molecule has 0 fully saturated rings. The Labute approximate surface area is 83.8 Å². The molecule has 0 amide bonds. The van der Waals surface area contributed by atoms with E-state index in [1.54, 1.807) is 10.9 Å². The molecule has 1 aromatic heterocycles. The Kier molecular flexibility index (Phi) is 2.14. The molecule has 0 aliphatic carbocycles. The van der Waals surface area contributed by atoms with Gasteiger partial charge in [-0.15, -0.1) is 0 Å². The summed E-state index contributed by atoms with van der Waals surface area (Å²) in [6.45, 7) is 4.70. The molecule has 0 N–H and O–H groups in total. The van der Waals surface area contributed by atoms with Gasteiger partial charge in [-0.25, -0.2) is 8.42 Å². The predicted molar refractivity (Wildman–Crippen MR) is 53.0 cm³/mol. The number of aromatic nitrogens is 2. The van der Waals surface area contributed by atoms with Crippen LogP contribution in [0, 0.1) is 0 Å². The first-order valence-electron chi connectivity index (χ1n) is 4.81. The van der Waals surface area contributed by atoms with Gasteiger partial charge in [0.25, 0.3) is 0 Å². The molecule has 0 atom stereocenters. The summed E-state index contributed by atoms with van der Waals surface area (Å²) in [5, 5.41) is 4.55. The molecule has 0 spiro atoms. The van der Waals surface area contributed by atoms with Crippen molar-refractivity contribution in [3.63, 3.8) is 0 Å². The van der Waals surface area contributed by atoms with Gasteiger partial charge in [-0.1, -0.05) is 13.8 Å². The summed E-state index contributed by atoms with van der Waals surface area (Å²) in [6, 6.07) is 0. The molecule has 2 rings (SSSR count). The zero-order chi connectivity index (χ0) is 10.3. The van der Waals surface area contributed by atoms with Gasteiger partial charge in [-0.2, -0.15) is 5.10 Å². The van der Waals surface area contributed by atoms with Crippen LogP contribution in [0.4, 0.5) is 0 Å². The molecule has 1 aromatic rings. The van der Waals surface area contributed by atoms with Crippen molar-refractivity contribution in [1.82, 2.24) is 9.78 Å². The van der Waals surface area contributed by atoms with Gasteiger partial charge in [0, 0.05) is 12.1 Å². The zero-order valence-electron chi connectivity index (χ0n) is 8.40. The van der Waals surface area contributed by atoms with Crippen molar-refractivity contribution >= 4 is 9.84 Å². The lowest BCUT2D eigenvalue weighted by Gasteiger charge is -2.16. The highest BCUT2D eigenvalue weighted by molar-refractivity contribution is 7.91. The standard InChI is InChI=1S/C9H14N2O2S/c1-7(2)8-6-10-11-4-3-5-14(12,13)9(8)11/h6-7H,3-5H2,1-2H3. The van der Waals surface area contributed by atoms with Crippen LogP contribution in [-0.2, 0) is 16.4 Å². The van der Waals surface area contributed by atoms with Crippen LogP contribution in [0.5, 0.6) is 0 Å². The van der Waals surface area contributed by atoms with Gasteiger partial charge in [-0.05, 0) is 12.3 Å². The van der Waals surface area contributed by atoms with Crippen LogP contribution in [0.2, 0.25) is 0 Å². The number of hydrogen-bond acceptors (Lipinski definition) is 3. The fourth-order valence-corrected chi connectivity index (χ4v) is 3.59. The van der Waals surface area contributed by atoms with Crippen LogP contribution in [0.3, 0.4) is 0 Å². The Balaban J connectivity index is 2.65. The molecule has 5 heteroatoms. The molecular formula is C9H14N2O2S. The van der Waals surface area contributed by atoms with E-state index in [9.17, 15) is 8.42 Å². The number of nitrogens with zero attached hydrogens (tertiary/aromatic N) is 2. The maximum atomic E-state index is 11.8. The Morgan fingerprint density at radius 2 is 2.21 bits per heavy atom. The van der Waals surface area contributed by atoms with Gasteiger partial charge in [0.1, 0.15) is 0 Å². The third-order valence-electron chi connectivity index (χ3n) is 2.52. The minimum absolute atomic E-state index is 0.214. The van der Waals surface area contributed by atoms with Crippen LogP contribution in [0.1, 0.15) is 31.7 Å². The molecule has 1 aliphatic rings. The van der Waals surface area contributed by atoms with Gasteiger partial charge in [0.2, 0.25) is 0 Å². The van der Waals surface area contributed by atoms with Crippen molar-refractivity contribution in [2.24, 2.45) is 0 Å². The maximum absolute atomic E-state index is 11.8. The maximum Gasteiger partial charge on any atom is 0.195 e. The van der Waals surface area contributed by atoms with Crippen LogP contribution in [0.15, 0.2) is 11.2 Å². The average molecular weight is 214 g/mol. The van der Waals surface area contributed by atoms with Crippen molar-refractivity contribution < 1.29 is 8.42 Å². The van der Waals surface area contributed by atoms with E-state index in [1.807, 2.05) is 13.8 Å². The molecule has 0 saturated carbocycles. The van der Waals surface area contributed by atoms with Gasteiger partial charge in [0.05, 0.1) is 11.9 Å². The zero-order valence-corrected chi connectivity index (χ0v) is 9.21. The second kappa shape index (κ2) is 3.08. The SMILES string of the molecule is CC(C)c1cnn2c1S(=O)(=O)CCC2. The molecule has 0 unspecified atom stereocenters. The van der Waals surface area contributed by atoms with Crippen LogP contribution < -0.4 is 0 Å². The number of aryl methyl sites for hydroxylation is 1. The lowest BCUT2D eigenvalue weighted by atomic mass is 10.1. The summed E-state index contributed by atoms with van der Waals surface area (Å²) in [4.78, 5) is 0. The van der Waals surface area contributed by atoms with E-state index in [1.165, 1.54) is 0 Å². The van der Waals surface area contributed by atoms with Crippen molar-refractivity contribution in [3.8, 4) is 0 Å². The highest BCUT2D eigenvalue weighted by Crippen LogP contribution is 2.27. The summed E-state index contributed by atoms with van der Waals surface area (Å²) in [5.74, 6) is 0.477.